The lowest BCUT2D eigenvalue weighted by molar-refractivity contribution is -0.140. The number of benzene rings is 3. The minimum absolute atomic E-state index is 0.0306. The van der Waals surface area contributed by atoms with E-state index in [1.165, 1.54) is 30.2 Å². The van der Waals surface area contributed by atoms with Gasteiger partial charge >= 0.3 is 0 Å². The molecule has 0 radical (unpaired) electrons. The lowest BCUT2D eigenvalue weighted by atomic mass is 10.1. The normalized spacial score (nSPS) is 12.7. The number of carbonyl (C=O) groups excluding carboxylic acids is 2. The average Bonchev–Trinajstić information content (AvgIpc) is 2.97. The molecule has 0 saturated heterocycles. The van der Waals surface area contributed by atoms with Crippen LogP contribution in [0.1, 0.15) is 44.7 Å². The van der Waals surface area contributed by atoms with Gasteiger partial charge in [0.05, 0.1) is 22.2 Å². The largest absolute Gasteiger partial charge is 0.496 e. The van der Waals surface area contributed by atoms with Crippen LogP contribution in [0.5, 0.6) is 5.75 Å². The molecule has 2 atom stereocenters. The predicted octanol–water partition coefficient (Wildman–Crippen LogP) is 6.99. The van der Waals surface area contributed by atoms with E-state index in [0.717, 1.165) is 9.87 Å². The van der Waals surface area contributed by atoms with Crippen molar-refractivity contribution in [2.45, 2.75) is 64.1 Å². The number of nitrogens with zero attached hydrogens (tertiary/aromatic N) is 2. The Morgan fingerprint density at radius 2 is 1.67 bits per heavy atom. The van der Waals surface area contributed by atoms with Gasteiger partial charge in [-0.1, -0.05) is 60.8 Å². The minimum Gasteiger partial charge on any atom is -0.496 e. The Morgan fingerprint density at radius 1 is 1.00 bits per heavy atom. The van der Waals surface area contributed by atoms with E-state index in [9.17, 15) is 18.0 Å². The standard InChI is InChI=1S/C31H36BrCl2N3O5S/c1-6-21(4)35-31(39)28(7-2)36(18-22-10-11-23(33)16-27(22)34)30(38)19-37(24-12-8-20(3)9-13-24)43(40,41)25-14-15-29(42-5)26(32)17-25/h8-17,21,28H,6-7,18-19H2,1-5H3,(H,35,39). The number of nitrogens with one attached hydrogen (secondary N) is 1. The summed E-state index contributed by atoms with van der Waals surface area (Å²) in [6, 6.07) is 15.1. The third-order valence-electron chi connectivity index (χ3n) is 7.05. The van der Waals surface area contributed by atoms with E-state index in [0.29, 0.717) is 44.4 Å². The monoisotopic (exact) mass is 711 g/mol. The molecule has 3 aromatic rings. The maximum atomic E-state index is 14.2. The molecule has 0 bridgehead atoms. The first-order valence-electron chi connectivity index (χ1n) is 13.8. The van der Waals surface area contributed by atoms with Crippen molar-refractivity contribution in [1.29, 1.82) is 0 Å². The highest BCUT2D eigenvalue weighted by Gasteiger charge is 2.34. The van der Waals surface area contributed by atoms with Crippen molar-refractivity contribution in [1.82, 2.24) is 10.2 Å². The van der Waals surface area contributed by atoms with Crippen LogP contribution in [-0.2, 0) is 26.2 Å². The summed E-state index contributed by atoms with van der Waals surface area (Å²) in [5.41, 5.74) is 1.79. The maximum Gasteiger partial charge on any atom is 0.264 e. The lowest BCUT2D eigenvalue weighted by Gasteiger charge is -2.34. The quantitative estimate of drug-likeness (QED) is 0.206. The average molecular weight is 714 g/mol. The van der Waals surface area contributed by atoms with Crippen molar-refractivity contribution < 1.29 is 22.7 Å². The summed E-state index contributed by atoms with van der Waals surface area (Å²) in [6.07, 6.45) is 0.998. The van der Waals surface area contributed by atoms with E-state index in [-0.39, 0.29) is 23.4 Å². The SMILES string of the molecule is CCC(C)NC(=O)C(CC)N(Cc1ccc(Cl)cc1Cl)C(=O)CN(c1ccc(C)cc1)S(=O)(=O)c1ccc(OC)c(Br)c1. The zero-order chi connectivity index (χ0) is 31.9. The van der Waals surface area contributed by atoms with Crippen LogP contribution >= 0.6 is 39.1 Å². The number of halogens is 3. The van der Waals surface area contributed by atoms with Gasteiger partial charge in [0.1, 0.15) is 18.3 Å². The molecule has 2 unspecified atom stereocenters. The van der Waals surface area contributed by atoms with Gasteiger partial charge in [-0.05, 0) is 90.6 Å². The van der Waals surface area contributed by atoms with Crippen LogP contribution < -0.4 is 14.4 Å². The number of carbonyl (C=O) groups is 2. The summed E-state index contributed by atoms with van der Waals surface area (Å²) >= 11 is 15.9. The van der Waals surface area contributed by atoms with Gasteiger partial charge in [0.25, 0.3) is 10.0 Å². The molecule has 0 heterocycles. The van der Waals surface area contributed by atoms with Gasteiger partial charge in [-0.3, -0.25) is 13.9 Å². The molecule has 0 fully saturated rings. The molecular formula is C31H36BrCl2N3O5S. The summed E-state index contributed by atoms with van der Waals surface area (Å²) in [6.45, 7) is 6.92. The molecule has 3 aromatic carbocycles. The smallest absolute Gasteiger partial charge is 0.264 e. The van der Waals surface area contributed by atoms with Crippen LogP contribution in [0.2, 0.25) is 10.0 Å². The first-order valence-corrected chi connectivity index (χ1v) is 16.8. The first kappa shape index (κ1) is 34.7. The van der Waals surface area contributed by atoms with E-state index in [2.05, 4.69) is 21.2 Å². The van der Waals surface area contributed by atoms with Gasteiger partial charge in [0, 0.05) is 22.6 Å². The molecule has 0 aliphatic carbocycles. The van der Waals surface area contributed by atoms with Gasteiger partial charge in [0.15, 0.2) is 0 Å². The zero-order valence-corrected chi connectivity index (χ0v) is 28.6. The molecule has 43 heavy (non-hydrogen) atoms. The summed E-state index contributed by atoms with van der Waals surface area (Å²) in [5, 5.41) is 3.71. The van der Waals surface area contributed by atoms with Gasteiger partial charge < -0.3 is 15.0 Å². The van der Waals surface area contributed by atoms with Gasteiger partial charge in [-0.2, -0.15) is 0 Å². The highest BCUT2D eigenvalue weighted by molar-refractivity contribution is 9.10. The fourth-order valence-corrected chi connectivity index (χ4v) is 6.97. The van der Waals surface area contributed by atoms with Crippen LogP contribution in [0.3, 0.4) is 0 Å². The Kier molecular flexibility index (Phi) is 12.3. The second-order valence-corrected chi connectivity index (χ2v) is 13.7. The van der Waals surface area contributed by atoms with E-state index < -0.39 is 28.5 Å². The highest BCUT2D eigenvalue weighted by Crippen LogP contribution is 2.31. The van der Waals surface area contributed by atoms with Crippen LogP contribution in [0.4, 0.5) is 5.69 Å². The van der Waals surface area contributed by atoms with Crippen molar-refractivity contribution in [3.63, 3.8) is 0 Å². The summed E-state index contributed by atoms with van der Waals surface area (Å²) in [7, 11) is -2.77. The molecule has 12 heteroatoms. The number of methoxy groups -OCH3 is 1. The molecule has 8 nitrogen and oxygen atoms in total. The second kappa shape index (κ2) is 15.3. The van der Waals surface area contributed by atoms with Gasteiger partial charge in [0.2, 0.25) is 11.8 Å². The Labute approximate surface area is 272 Å². The predicted molar refractivity (Wildman–Crippen MR) is 175 cm³/mol. The highest BCUT2D eigenvalue weighted by atomic mass is 79.9. The Bertz CT molecular complexity index is 1550. The van der Waals surface area contributed by atoms with Crippen LogP contribution in [0, 0.1) is 6.92 Å². The van der Waals surface area contributed by atoms with Crippen LogP contribution in [0.25, 0.3) is 0 Å². The van der Waals surface area contributed by atoms with Crippen molar-refractivity contribution in [2.24, 2.45) is 0 Å². The number of rotatable bonds is 13. The molecule has 0 spiro atoms. The number of anilines is 1. The maximum absolute atomic E-state index is 14.2. The zero-order valence-electron chi connectivity index (χ0n) is 24.7. The molecular weight excluding hydrogens is 677 g/mol. The number of amides is 2. The van der Waals surface area contributed by atoms with Gasteiger partial charge in [-0.25, -0.2) is 8.42 Å². The molecule has 0 saturated carbocycles. The number of aryl methyl sites for hydroxylation is 1. The molecule has 0 aliphatic rings. The van der Waals surface area contributed by atoms with E-state index >= 15 is 0 Å². The fraction of sp³-hybridized carbons (Fsp3) is 0.355. The van der Waals surface area contributed by atoms with Crippen molar-refractivity contribution in [3.05, 3.63) is 86.3 Å². The van der Waals surface area contributed by atoms with Crippen molar-refractivity contribution in [3.8, 4) is 5.75 Å². The minimum atomic E-state index is -4.25. The second-order valence-electron chi connectivity index (χ2n) is 10.1. The first-order chi connectivity index (χ1) is 20.3. The summed E-state index contributed by atoms with van der Waals surface area (Å²) in [4.78, 5) is 29.0. The van der Waals surface area contributed by atoms with E-state index in [4.69, 9.17) is 27.9 Å². The molecule has 1 N–H and O–H groups in total. The third-order valence-corrected chi connectivity index (χ3v) is 10.0. The number of hydrogen-bond donors (Lipinski definition) is 1. The number of sulfonamides is 1. The lowest BCUT2D eigenvalue weighted by Crippen LogP contribution is -2.53. The topological polar surface area (TPSA) is 96.0 Å². The van der Waals surface area contributed by atoms with E-state index in [1.54, 1.807) is 49.4 Å². The van der Waals surface area contributed by atoms with Gasteiger partial charge in [-0.15, -0.1) is 0 Å². The summed E-state index contributed by atoms with van der Waals surface area (Å²) < 4.78 is 35.0. The molecule has 0 aromatic heterocycles. The third kappa shape index (κ3) is 8.65. The van der Waals surface area contributed by atoms with Crippen LogP contribution in [0.15, 0.2) is 70.0 Å². The molecule has 0 aliphatic heterocycles. The summed E-state index contributed by atoms with van der Waals surface area (Å²) in [5.74, 6) is -0.450. The Balaban J connectivity index is 2.10. The Hall–Kier alpha value is -2.79. The molecule has 2 amide bonds. The number of hydrogen-bond acceptors (Lipinski definition) is 5. The number of ether oxygens (including phenoxy) is 1. The fourth-order valence-electron chi connectivity index (χ4n) is 4.37. The molecule has 3 rings (SSSR count). The molecule has 232 valence electrons. The van der Waals surface area contributed by atoms with E-state index in [1.807, 2.05) is 20.8 Å². The van der Waals surface area contributed by atoms with Crippen LogP contribution in [-0.4, -0.2) is 50.9 Å². The van der Waals surface area contributed by atoms with Crippen molar-refractivity contribution >= 4 is 66.7 Å². The van der Waals surface area contributed by atoms with Crippen molar-refractivity contribution in [2.75, 3.05) is 18.0 Å². The Morgan fingerprint density at radius 3 is 2.23 bits per heavy atom.